The summed E-state index contributed by atoms with van der Waals surface area (Å²) in [6.07, 6.45) is 3.26. The Morgan fingerprint density at radius 3 is 2.69 bits per heavy atom. The zero-order chi connectivity index (χ0) is 11.7. The van der Waals surface area contributed by atoms with Crippen molar-refractivity contribution in [2.75, 3.05) is 5.73 Å². The van der Waals surface area contributed by atoms with Gasteiger partial charge < -0.3 is 5.73 Å². The van der Waals surface area contributed by atoms with Gasteiger partial charge in [-0.15, -0.1) is 0 Å². The summed E-state index contributed by atoms with van der Waals surface area (Å²) < 4.78 is 1.52. The van der Waals surface area contributed by atoms with Crippen LogP contribution in [0.4, 0.5) is 5.69 Å². The van der Waals surface area contributed by atoms with E-state index in [-0.39, 0.29) is 5.91 Å². The first-order valence-electron chi connectivity index (χ1n) is 5.00. The number of carbonyl (C=O) groups is 1. The number of nitrogen functional groups attached to an aromatic ring is 1. The third-order valence-electron chi connectivity index (χ3n) is 2.56. The highest BCUT2D eigenvalue weighted by Gasteiger charge is 2.10. The van der Waals surface area contributed by atoms with Gasteiger partial charge in [-0.2, -0.15) is 0 Å². The zero-order valence-electron chi connectivity index (χ0n) is 9.27. The fourth-order valence-electron chi connectivity index (χ4n) is 1.54. The third kappa shape index (κ3) is 1.69. The number of carbonyl (C=O) groups excluding carboxylic acids is 1. The second-order valence-electron chi connectivity index (χ2n) is 3.72. The van der Waals surface area contributed by atoms with Crippen molar-refractivity contribution in [3.05, 3.63) is 47.5 Å². The molecule has 0 atom stereocenters. The lowest BCUT2D eigenvalue weighted by Crippen LogP contribution is -2.13. The van der Waals surface area contributed by atoms with E-state index < -0.39 is 0 Å². The molecule has 1 aromatic heterocycles. The smallest absolute Gasteiger partial charge is 0.263 e. The Bertz CT molecular complexity index is 543. The molecule has 4 heteroatoms. The van der Waals surface area contributed by atoms with E-state index in [0.29, 0.717) is 17.1 Å². The van der Waals surface area contributed by atoms with Gasteiger partial charge in [0.1, 0.15) is 5.82 Å². The van der Waals surface area contributed by atoms with E-state index >= 15 is 0 Å². The second-order valence-corrected chi connectivity index (χ2v) is 3.72. The molecule has 0 aliphatic rings. The van der Waals surface area contributed by atoms with Gasteiger partial charge >= 0.3 is 0 Å². The molecule has 0 fully saturated rings. The molecule has 82 valence electrons. The Labute approximate surface area is 93.7 Å². The molecule has 0 radical (unpaired) electrons. The van der Waals surface area contributed by atoms with Gasteiger partial charge in [0.2, 0.25) is 0 Å². The molecule has 0 aliphatic heterocycles. The number of aryl methyl sites for hydroxylation is 2. The largest absolute Gasteiger partial charge is 0.399 e. The average molecular weight is 215 g/mol. The Morgan fingerprint density at radius 2 is 2.12 bits per heavy atom. The van der Waals surface area contributed by atoms with Crippen LogP contribution < -0.4 is 5.73 Å². The lowest BCUT2D eigenvalue weighted by molar-refractivity contribution is 0.0957. The Hall–Kier alpha value is -2.10. The van der Waals surface area contributed by atoms with Gasteiger partial charge in [-0.25, -0.2) is 4.98 Å². The monoisotopic (exact) mass is 215 g/mol. The molecule has 0 amide bonds. The van der Waals surface area contributed by atoms with Crippen molar-refractivity contribution in [1.29, 1.82) is 0 Å². The van der Waals surface area contributed by atoms with E-state index in [1.54, 1.807) is 37.5 Å². The summed E-state index contributed by atoms with van der Waals surface area (Å²) in [6.45, 7) is 3.68. The van der Waals surface area contributed by atoms with Crippen molar-refractivity contribution in [2.45, 2.75) is 13.8 Å². The molecule has 1 heterocycles. The molecule has 0 saturated carbocycles. The second kappa shape index (κ2) is 3.81. The number of imidazole rings is 1. The summed E-state index contributed by atoms with van der Waals surface area (Å²) in [5.74, 6) is 0.595. The molecule has 16 heavy (non-hydrogen) atoms. The molecule has 0 aliphatic carbocycles. The summed E-state index contributed by atoms with van der Waals surface area (Å²) in [4.78, 5) is 16.1. The lowest BCUT2D eigenvalue weighted by Gasteiger charge is -2.06. The number of hydrogen-bond donors (Lipinski definition) is 1. The molecule has 0 bridgehead atoms. The van der Waals surface area contributed by atoms with Crippen LogP contribution in [-0.4, -0.2) is 15.5 Å². The van der Waals surface area contributed by atoms with Crippen molar-refractivity contribution < 1.29 is 4.79 Å². The molecule has 2 aromatic rings. The van der Waals surface area contributed by atoms with Crippen LogP contribution >= 0.6 is 0 Å². The maximum Gasteiger partial charge on any atom is 0.263 e. The van der Waals surface area contributed by atoms with E-state index in [2.05, 4.69) is 4.98 Å². The van der Waals surface area contributed by atoms with Crippen LogP contribution in [0.2, 0.25) is 0 Å². The third-order valence-corrected chi connectivity index (χ3v) is 2.56. The SMILES string of the molecule is Cc1cc(C(=O)n2ccnc2C)ccc1N. The molecule has 2 rings (SSSR count). The molecular weight excluding hydrogens is 202 g/mol. The molecule has 1 aromatic carbocycles. The van der Waals surface area contributed by atoms with Gasteiger partial charge in [0, 0.05) is 23.6 Å². The summed E-state index contributed by atoms with van der Waals surface area (Å²) in [6, 6.07) is 5.26. The highest BCUT2D eigenvalue weighted by molar-refractivity contribution is 5.96. The van der Waals surface area contributed by atoms with Gasteiger partial charge in [0.05, 0.1) is 0 Å². The van der Waals surface area contributed by atoms with Crippen LogP contribution in [0.5, 0.6) is 0 Å². The summed E-state index contributed by atoms with van der Waals surface area (Å²) in [5, 5.41) is 0. The predicted molar refractivity (Wildman–Crippen MR) is 62.3 cm³/mol. The number of aromatic nitrogens is 2. The lowest BCUT2D eigenvalue weighted by atomic mass is 10.1. The summed E-state index contributed by atoms with van der Waals surface area (Å²) in [7, 11) is 0. The van der Waals surface area contributed by atoms with Gasteiger partial charge in [0.15, 0.2) is 0 Å². The van der Waals surface area contributed by atoms with Gasteiger partial charge in [0.25, 0.3) is 5.91 Å². The van der Waals surface area contributed by atoms with Gasteiger partial charge in [-0.05, 0) is 37.6 Å². The highest BCUT2D eigenvalue weighted by Crippen LogP contribution is 2.14. The van der Waals surface area contributed by atoms with E-state index in [9.17, 15) is 4.79 Å². The molecule has 0 spiro atoms. The molecule has 2 N–H and O–H groups in total. The zero-order valence-corrected chi connectivity index (χ0v) is 9.27. The van der Waals surface area contributed by atoms with Crippen molar-refractivity contribution >= 4 is 11.6 Å². The fourth-order valence-corrected chi connectivity index (χ4v) is 1.54. The first-order chi connectivity index (χ1) is 7.59. The van der Waals surface area contributed by atoms with Crippen molar-refractivity contribution in [1.82, 2.24) is 9.55 Å². The van der Waals surface area contributed by atoms with Crippen LogP contribution in [-0.2, 0) is 0 Å². The number of nitrogens with two attached hydrogens (primary N) is 1. The Kier molecular flexibility index (Phi) is 2.48. The van der Waals surface area contributed by atoms with Crippen LogP contribution in [0, 0.1) is 13.8 Å². The first kappa shape index (κ1) is 10.4. The van der Waals surface area contributed by atoms with E-state index in [1.165, 1.54) is 4.57 Å². The Balaban J connectivity index is 2.42. The van der Waals surface area contributed by atoms with Crippen LogP contribution in [0.15, 0.2) is 30.6 Å². The van der Waals surface area contributed by atoms with Crippen LogP contribution in [0.1, 0.15) is 21.7 Å². The van der Waals surface area contributed by atoms with E-state index in [4.69, 9.17) is 5.73 Å². The number of benzene rings is 1. The molecule has 0 saturated heterocycles. The topological polar surface area (TPSA) is 60.9 Å². The van der Waals surface area contributed by atoms with Gasteiger partial charge in [-0.1, -0.05) is 0 Å². The van der Waals surface area contributed by atoms with Crippen molar-refractivity contribution in [2.24, 2.45) is 0 Å². The summed E-state index contributed by atoms with van der Waals surface area (Å²) >= 11 is 0. The van der Waals surface area contributed by atoms with E-state index in [0.717, 1.165) is 5.56 Å². The number of hydrogen-bond acceptors (Lipinski definition) is 3. The maximum atomic E-state index is 12.1. The van der Waals surface area contributed by atoms with Crippen molar-refractivity contribution in [3.63, 3.8) is 0 Å². The molecule has 0 unspecified atom stereocenters. The van der Waals surface area contributed by atoms with Crippen molar-refractivity contribution in [3.8, 4) is 0 Å². The minimum atomic E-state index is -0.0851. The quantitative estimate of drug-likeness (QED) is 0.737. The first-order valence-corrected chi connectivity index (χ1v) is 5.00. The molecule has 4 nitrogen and oxygen atoms in total. The molecular formula is C12H13N3O. The minimum Gasteiger partial charge on any atom is -0.399 e. The number of rotatable bonds is 1. The number of anilines is 1. The fraction of sp³-hybridized carbons (Fsp3) is 0.167. The van der Waals surface area contributed by atoms with Crippen LogP contribution in [0.3, 0.4) is 0 Å². The van der Waals surface area contributed by atoms with Gasteiger partial charge in [-0.3, -0.25) is 9.36 Å². The standard InChI is InChI=1S/C12H13N3O/c1-8-7-10(3-4-11(8)13)12(16)15-6-5-14-9(15)2/h3-7H,13H2,1-2H3. The predicted octanol–water partition coefficient (Wildman–Crippen LogP) is 1.77. The van der Waals surface area contributed by atoms with E-state index in [1.807, 2.05) is 6.92 Å². The van der Waals surface area contributed by atoms with Crippen LogP contribution in [0.25, 0.3) is 0 Å². The maximum absolute atomic E-state index is 12.1. The average Bonchev–Trinajstić information content (AvgIpc) is 2.67. The normalized spacial score (nSPS) is 10.4. The Morgan fingerprint density at radius 1 is 1.38 bits per heavy atom. The highest BCUT2D eigenvalue weighted by atomic mass is 16.2. The summed E-state index contributed by atoms with van der Waals surface area (Å²) in [5.41, 5.74) is 7.92. The minimum absolute atomic E-state index is 0.0851. The number of nitrogens with zero attached hydrogens (tertiary/aromatic N) is 2.